The lowest BCUT2D eigenvalue weighted by atomic mass is 10.2. The van der Waals surface area contributed by atoms with Crippen molar-refractivity contribution in [1.29, 1.82) is 0 Å². The summed E-state index contributed by atoms with van der Waals surface area (Å²) in [7, 11) is 0. The molecule has 14 heavy (non-hydrogen) atoms. The van der Waals surface area contributed by atoms with E-state index in [1.807, 2.05) is 0 Å². The number of aryl methyl sites for hydroxylation is 2. The number of anilines is 1. The summed E-state index contributed by atoms with van der Waals surface area (Å²) in [5.41, 5.74) is 7.11. The van der Waals surface area contributed by atoms with Crippen LogP contribution in [0.25, 0.3) is 0 Å². The molecule has 0 aliphatic heterocycles. The van der Waals surface area contributed by atoms with Gasteiger partial charge < -0.3 is 10.3 Å². The molecular formula is C11H21N3. The summed E-state index contributed by atoms with van der Waals surface area (Å²) in [4.78, 5) is 4.60. The first-order valence-corrected chi connectivity index (χ1v) is 5.58. The third-order valence-corrected chi connectivity index (χ3v) is 2.44. The predicted molar refractivity (Wildman–Crippen MR) is 60.3 cm³/mol. The summed E-state index contributed by atoms with van der Waals surface area (Å²) in [5.74, 6) is 2.02. The van der Waals surface area contributed by atoms with Crippen LogP contribution >= 0.6 is 0 Å². The molecule has 0 aliphatic carbocycles. The Labute approximate surface area is 86.3 Å². The number of nitrogens with two attached hydrogens (primary N) is 1. The van der Waals surface area contributed by atoms with Gasteiger partial charge in [-0.25, -0.2) is 4.98 Å². The fourth-order valence-electron chi connectivity index (χ4n) is 1.76. The maximum atomic E-state index is 6.03. The lowest BCUT2D eigenvalue weighted by molar-refractivity contribution is 0.690. The second-order valence-corrected chi connectivity index (χ2v) is 3.60. The molecule has 0 aromatic carbocycles. The van der Waals surface area contributed by atoms with Crippen LogP contribution in [0.1, 0.15) is 45.1 Å². The van der Waals surface area contributed by atoms with Crippen molar-refractivity contribution in [2.75, 3.05) is 5.73 Å². The second-order valence-electron chi connectivity index (χ2n) is 3.60. The Hall–Kier alpha value is -0.990. The molecule has 1 heterocycles. The van der Waals surface area contributed by atoms with E-state index in [4.69, 9.17) is 5.73 Å². The van der Waals surface area contributed by atoms with Gasteiger partial charge in [0.2, 0.25) is 0 Å². The predicted octanol–water partition coefficient (Wildman–Crippen LogP) is 2.39. The molecule has 3 nitrogen and oxygen atoms in total. The summed E-state index contributed by atoms with van der Waals surface area (Å²) in [6, 6.07) is 0. The molecule has 1 rings (SSSR count). The van der Waals surface area contributed by atoms with Crippen molar-refractivity contribution in [3.63, 3.8) is 0 Å². The molecule has 2 N–H and O–H groups in total. The molecular weight excluding hydrogens is 174 g/mol. The smallest absolute Gasteiger partial charge is 0.126 e. The maximum absolute atomic E-state index is 6.03. The van der Waals surface area contributed by atoms with Crippen molar-refractivity contribution >= 4 is 5.82 Å². The van der Waals surface area contributed by atoms with Gasteiger partial charge in [0.15, 0.2) is 0 Å². The number of hydrogen-bond donors (Lipinski definition) is 1. The molecule has 0 spiro atoms. The lowest BCUT2D eigenvalue weighted by Crippen LogP contribution is -2.05. The van der Waals surface area contributed by atoms with Crippen LogP contribution in [0.5, 0.6) is 0 Å². The topological polar surface area (TPSA) is 43.8 Å². The third-order valence-electron chi connectivity index (χ3n) is 2.44. The number of rotatable bonds is 5. The van der Waals surface area contributed by atoms with Crippen molar-refractivity contribution in [2.45, 2.75) is 53.0 Å². The van der Waals surface area contributed by atoms with E-state index < -0.39 is 0 Å². The second kappa shape index (κ2) is 5.03. The molecule has 0 aliphatic rings. The Bertz CT molecular complexity index is 289. The Morgan fingerprint density at radius 3 is 2.29 bits per heavy atom. The first-order chi connectivity index (χ1) is 6.74. The molecule has 0 amide bonds. The van der Waals surface area contributed by atoms with E-state index in [1.54, 1.807) is 0 Å². The van der Waals surface area contributed by atoms with Crippen LogP contribution in [0.15, 0.2) is 0 Å². The monoisotopic (exact) mass is 195 g/mol. The minimum absolute atomic E-state index is 0.873. The zero-order valence-corrected chi connectivity index (χ0v) is 9.51. The van der Waals surface area contributed by atoms with E-state index in [1.165, 1.54) is 0 Å². The number of hydrogen-bond acceptors (Lipinski definition) is 2. The van der Waals surface area contributed by atoms with Crippen molar-refractivity contribution in [1.82, 2.24) is 9.55 Å². The first kappa shape index (κ1) is 11.1. The zero-order valence-electron chi connectivity index (χ0n) is 9.51. The summed E-state index contributed by atoms with van der Waals surface area (Å²) >= 11 is 0. The van der Waals surface area contributed by atoms with Gasteiger partial charge in [-0.15, -0.1) is 0 Å². The average Bonchev–Trinajstić information content (AvgIpc) is 2.45. The average molecular weight is 195 g/mol. The standard InChI is InChI=1S/C11H21N3/c1-4-7-9-11(12)14(6-3)10(13-9)8-5-2/h4-8,12H2,1-3H3. The molecule has 0 bridgehead atoms. The molecule has 80 valence electrons. The Kier molecular flexibility index (Phi) is 3.98. The van der Waals surface area contributed by atoms with Crippen molar-refractivity contribution in [3.8, 4) is 0 Å². The van der Waals surface area contributed by atoms with E-state index in [0.717, 1.165) is 49.6 Å². The largest absolute Gasteiger partial charge is 0.384 e. The van der Waals surface area contributed by atoms with E-state index in [2.05, 4.69) is 30.3 Å². The van der Waals surface area contributed by atoms with Crippen LogP contribution in [0.4, 0.5) is 5.82 Å². The maximum Gasteiger partial charge on any atom is 0.126 e. The highest BCUT2D eigenvalue weighted by molar-refractivity contribution is 5.38. The van der Waals surface area contributed by atoms with Crippen LogP contribution in [-0.4, -0.2) is 9.55 Å². The third kappa shape index (κ3) is 2.08. The molecule has 1 aromatic heterocycles. The molecule has 0 saturated carbocycles. The van der Waals surface area contributed by atoms with Crippen LogP contribution in [-0.2, 0) is 19.4 Å². The van der Waals surface area contributed by atoms with Crippen LogP contribution in [0, 0.1) is 0 Å². The number of aromatic nitrogens is 2. The van der Waals surface area contributed by atoms with E-state index in [0.29, 0.717) is 0 Å². The summed E-state index contributed by atoms with van der Waals surface area (Å²) in [6.45, 7) is 7.37. The van der Waals surface area contributed by atoms with Gasteiger partial charge in [-0.1, -0.05) is 20.3 Å². The molecule has 0 unspecified atom stereocenters. The van der Waals surface area contributed by atoms with Gasteiger partial charge in [-0.05, 0) is 19.8 Å². The highest BCUT2D eigenvalue weighted by Crippen LogP contribution is 2.17. The van der Waals surface area contributed by atoms with Crippen molar-refractivity contribution in [2.24, 2.45) is 0 Å². The van der Waals surface area contributed by atoms with Gasteiger partial charge in [0.25, 0.3) is 0 Å². The number of nitrogens with zero attached hydrogens (tertiary/aromatic N) is 2. The Morgan fingerprint density at radius 2 is 1.79 bits per heavy atom. The first-order valence-electron chi connectivity index (χ1n) is 5.58. The number of nitrogen functional groups attached to an aromatic ring is 1. The quantitative estimate of drug-likeness (QED) is 0.784. The molecule has 0 saturated heterocycles. The SMILES string of the molecule is CCCc1nc(CCC)n(CC)c1N. The molecule has 3 heteroatoms. The van der Waals surface area contributed by atoms with Gasteiger partial charge >= 0.3 is 0 Å². The highest BCUT2D eigenvalue weighted by Gasteiger charge is 2.11. The van der Waals surface area contributed by atoms with E-state index in [9.17, 15) is 0 Å². The van der Waals surface area contributed by atoms with Crippen LogP contribution < -0.4 is 5.73 Å². The normalized spacial score (nSPS) is 10.8. The van der Waals surface area contributed by atoms with Crippen molar-refractivity contribution in [3.05, 3.63) is 11.5 Å². The fraction of sp³-hybridized carbons (Fsp3) is 0.727. The Morgan fingerprint density at radius 1 is 1.14 bits per heavy atom. The van der Waals surface area contributed by atoms with Gasteiger partial charge in [-0.3, -0.25) is 0 Å². The molecule has 0 radical (unpaired) electrons. The zero-order chi connectivity index (χ0) is 10.6. The minimum atomic E-state index is 0.873. The van der Waals surface area contributed by atoms with E-state index >= 15 is 0 Å². The summed E-state index contributed by atoms with van der Waals surface area (Å²) < 4.78 is 2.13. The fourth-order valence-corrected chi connectivity index (χ4v) is 1.76. The highest BCUT2D eigenvalue weighted by atomic mass is 15.1. The van der Waals surface area contributed by atoms with Crippen molar-refractivity contribution < 1.29 is 0 Å². The lowest BCUT2D eigenvalue weighted by Gasteiger charge is -2.04. The molecule has 1 aromatic rings. The Balaban J connectivity index is 2.97. The molecule has 0 fully saturated rings. The summed E-state index contributed by atoms with van der Waals surface area (Å²) in [5, 5.41) is 0. The van der Waals surface area contributed by atoms with Gasteiger partial charge in [0.05, 0.1) is 5.69 Å². The van der Waals surface area contributed by atoms with Crippen LogP contribution in [0.2, 0.25) is 0 Å². The van der Waals surface area contributed by atoms with Crippen LogP contribution in [0.3, 0.4) is 0 Å². The minimum Gasteiger partial charge on any atom is -0.384 e. The van der Waals surface area contributed by atoms with E-state index in [-0.39, 0.29) is 0 Å². The van der Waals surface area contributed by atoms with Gasteiger partial charge in [0, 0.05) is 13.0 Å². The summed E-state index contributed by atoms with van der Waals surface area (Å²) in [6.07, 6.45) is 4.26. The molecule has 0 atom stereocenters. The van der Waals surface area contributed by atoms with Gasteiger partial charge in [-0.2, -0.15) is 0 Å². The van der Waals surface area contributed by atoms with Gasteiger partial charge in [0.1, 0.15) is 11.6 Å². The number of imidazole rings is 1.